The molecule has 77 valence electrons. The van der Waals surface area contributed by atoms with Crippen LogP contribution >= 0.6 is 0 Å². The van der Waals surface area contributed by atoms with E-state index in [4.69, 9.17) is 0 Å². The third-order valence-electron chi connectivity index (χ3n) is 2.25. The predicted octanol–water partition coefficient (Wildman–Crippen LogP) is 4.32. The molecule has 0 N–H and O–H groups in total. The van der Waals surface area contributed by atoms with E-state index in [1.165, 1.54) is 38.5 Å². The molecule has 0 spiro atoms. The molecule has 0 aliphatic heterocycles. The largest absolute Gasteiger partial charge is 0.299 e. The van der Waals surface area contributed by atoms with Crippen molar-refractivity contribution in [2.45, 2.75) is 58.8 Å². The topological polar surface area (TPSA) is 19.9 Å². The highest BCUT2D eigenvalue weighted by Gasteiger charge is 1.93. The zero-order valence-electron chi connectivity index (χ0n) is 9.09. The van der Waals surface area contributed by atoms with Gasteiger partial charge >= 0.3 is 0 Å². The number of hydrogen-bond acceptors (Lipinski definition) is 0. The fraction of sp³-hybridized carbons (Fsp3) is 0.833. The lowest BCUT2D eigenvalue weighted by atomic mass is 10.0. The van der Waals surface area contributed by atoms with Crippen LogP contribution in [0.5, 0.6) is 0 Å². The third-order valence-corrected chi connectivity index (χ3v) is 2.25. The Morgan fingerprint density at radius 3 is 2.23 bits per heavy atom. The zero-order valence-corrected chi connectivity index (χ0v) is 9.09. The average molecular weight is 183 g/mol. The van der Waals surface area contributed by atoms with Gasteiger partial charge in [0, 0.05) is 0 Å². The second-order valence-electron chi connectivity index (χ2n) is 4.11. The minimum absolute atomic E-state index is 0.850. The van der Waals surface area contributed by atoms with Gasteiger partial charge in [0.1, 0.15) is 6.26 Å². The lowest BCUT2D eigenvalue weighted by molar-refractivity contribution is 0.349. The third kappa shape index (κ3) is 11.5. The number of hydrogen-bond donors (Lipinski definition) is 0. The quantitative estimate of drug-likeness (QED) is 0.394. The molecule has 0 aromatic carbocycles. The Hall–Kier alpha value is -0.460. The van der Waals surface area contributed by atoms with E-state index in [0.717, 1.165) is 18.6 Å². The van der Waals surface area contributed by atoms with Crippen LogP contribution in [0.2, 0.25) is 0 Å². The molecule has 0 fully saturated rings. The van der Waals surface area contributed by atoms with Crippen molar-refractivity contribution < 1.29 is 5.11 Å². The summed E-state index contributed by atoms with van der Waals surface area (Å²) in [5, 5.41) is 9.96. The molecule has 0 bridgehead atoms. The summed E-state index contributed by atoms with van der Waals surface area (Å²) in [7, 11) is 0. The Bertz CT molecular complexity index is 116. The molecule has 0 saturated heterocycles. The summed E-state index contributed by atoms with van der Waals surface area (Å²) in [4.78, 5) is 0. The summed E-state index contributed by atoms with van der Waals surface area (Å²) in [6.45, 7) is 4.55. The van der Waals surface area contributed by atoms with E-state index in [9.17, 15) is 5.11 Å². The zero-order chi connectivity index (χ0) is 9.94. The molecular formula is C12H23O. The first kappa shape index (κ1) is 12.5. The molecule has 0 unspecified atom stereocenters. The Morgan fingerprint density at radius 1 is 1.00 bits per heavy atom. The van der Waals surface area contributed by atoms with Gasteiger partial charge in [-0.15, -0.1) is 0 Å². The molecule has 0 atom stereocenters. The normalized spacial score (nSPS) is 11.6. The van der Waals surface area contributed by atoms with E-state index >= 15 is 0 Å². The first-order valence-corrected chi connectivity index (χ1v) is 5.54. The first-order valence-electron chi connectivity index (χ1n) is 5.54. The van der Waals surface area contributed by atoms with Crippen molar-refractivity contribution >= 4 is 0 Å². The van der Waals surface area contributed by atoms with Crippen LogP contribution in [0.15, 0.2) is 12.3 Å². The second kappa shape index (κ2) is 9.63. The molecule has 0 aliphatic rings. The second-order valence-corrected chi connectivity index (χ2v) is 4.11. The molecule has 0 aromatic rings. The monoisotopic (exact) mass is 183 g/mol. The van der Waals surface area contributed by atoms with E-state index in [0.29, 0.717) is 0 Å². The Balaban J connectivity index is 2.91. The van der Waals surface area contributed by atoms with E-state index < -0.39 is 0 Å². The van der Waals surface area contributed by atoms with E-state index in [2.05, 4.69) is 13.8 Å². The Morgan fingerprint density at radius 2 is 1.62 bits per heavy atom. The van der Waals surface area contributed by atoms with Gasteiger partial charge in [-0.3, -0.25) is 5.11 Å². The molecule has 0 heterocycles. The Labute approximate surface area is 82.9 Å². The number of unbranched alkanes of at least 4 members (excludes halogenated alkanes) is 5. The van der Waals surface area contributed by atoms with Crippen molar-refractivity contribution in [2.24, 2.45) is 5.92 Å². The van der Waals surface area contributed by atoms with Crippen LogP contribution in [0, 0.1) is 5.92 Å². The molecule has 0 aliphatic carbocycles. The highest BCUT2D eigenvalue weighted by Crippen LogP contribution is 2.11. The summed E-state index contributed by atoms with van der Waals surface area (Å²) < 4.78 is 0. The maximum Gasteiger partial charge on any atom is 0.138 e. The summed E-state index contributed by atoms with van der Waals surface area (Å²) in [6.07, 6.45) is 11.5. The van der Waals surface area contributed by atoms with Crippen molar-refractivity contribution in [3.8, 4) is 0 Å². The van der Waals surface area contributed by atoms with Crippen LogP contribution in [0.4, 0.5) is 0 Å². The van der Waals surface area contributed by atoms with Gasteiger partial charge in [0.15, 0.2) is 0 Å². The minimum Gasteiger partial charge on any atom is -0.299 e. The van der Waals surface area contributed by atoms with Gasteiger partial charge in [-0.1, -0.05) is 46.0 Å². The van der Waals surface area contributed by atoms with Crippen LogP contribution in [-0.2, 0) is 5.11 Å². The molecule has 13 heavy (non-hydrogen) atoms. The molecule has 1 nitrogen and oxygen atoms in total. The highest BCUT2D eigenvalue weighted by atomic mass is 16.2. The SMILES string of the molecule is CC(C)CCCCCCCC=C[O]. The van der Waals surface area contributed by atoms with Crippen LogP contribution < -0.4 is 0 Å². The van der Waals surface area contributed by atoms with Crippen LogP contribution in [0.25, 0.3) is 0 Å². The van der Waals surface area contributed by atoms with Crippen molar-refractivity contribution in [2.75, 3.05) is 0 Å². The highest BCUT2D eigenvalue weighted by molar-refractivity contribution is 4.70. The van der Waals surface area contributed by atoms with Crippen LogP contribution in [-0.4, -0.2) is 0 Å². The van der Waals surface area contributed by atoms with Gasteiger partial charge in [0.25, 0.3) is 0 Å². The lowest BCUT2D eigenvalue weighted by Gasteiger charge is -2.03. The van der Waals surface area contributed by atoms with Crippen molar-refractivity contribution in [1.29, 1.82) is 0 Å². The van der Waals surface area contributed by atoms with Crippen molar-refractivity contribution in [1.82, 2.24) is 0 Å². The molecule has 1 heteroatoms. The minimum atomic E-state index is 0.850. The van der Waals surface area contributed by atoms with Gasteiger partial charge < -0.3 is 0 Å². The van der Waals surface area contributed by atoms with Gasteiger partial charge in [0.2, 0.25) is 0 Å². The van der Waals surface area contributed by atoms with E-state index in [1.807, 2.05) is 0 Å². The molecule has 0 rings (SSSR count). The summed E-state index contributed by atoms with van der Waals surface area (Å²) >= 11 is 0. The van der Waals surface area contributed by atoms with E-state index in [1.54, 1.807) is 6.08 Å². The fourth-order valence-corrected chi connectivity index (χ4v) is 1.41. The summed E-state index contributed by atoms with van der Waals surface area (Å²) in [6, 6.07) is 0. The van der Waals surface area contributed by atoms with Gasteiger partial charge in [-0.05, 0) is 24.8 Å². The maximum atomic E-state index is 9.96. The van der Waals surface area contributed by atoms with E-state index in [-0.39, 0.29) is 0 Å². The number of allylic oxidation sites excluding steroid dienone is 1. The van der Waals surface area contributed by atoms with Gasteiger partial charge in [0.05, 0.1) is 0 Å². The Kier molecular flexibility index (Phi) is 9.29. The maximum absolute atomic E-state index is 9.96. The molecule has 0 saturated carbocycles. The predicted molar refractivity (Wildman–Crippen MR) is 57.0 cm³/mol. The van der Waals surface area contributed by atoms with Crippen LogP contribution in [0.1, 0.15) is 58.8 Å². The molecule has 0 amide bonds. The summed E-state index contributed by atoms with van der Waals surface area (Å²) in [5.74, 6) is 0.850. The lowest BCUT2D eigenvalue weighted by Crippen LogP contribution is -1.86. The number of rotatable bonds is 8. The molecule has 1 radical (unpaired) electrons. The first-order chi connectivity index (χ1) is 6.27. The smallest absolute Gasteiger partial charge is 0.138 e. The molecule has 0 aromatic heterocycles. The van der Waals surface area contributed by atoms with Crippen LogP contribution in [0.3, 0.4) is 0 Å². The van der Waals surface area contributed by atoms with Gasteiger partial charge in [-0.25, -0.2) is 0 Å². The van der Waals surface area contributed by atoms with Gasteiger partial charge in [-0.2, -0.15) is 0 Å². The standard InChI is InChI=1S/C12H23O/c1-12(2)10-8-6-4-3-5-7-9-11-13/h9,11-12H,3-8,10H2,1-2H3. The van der Waals surface area contributed by atoms with Crippen molar-refractivity contribution in [3.05, 3.63) is 12.3 Å². The fourth-order valence-electron chi connectivity index (χ4n) is 1.41. The van der Waals surface area contributed by atoms with Crippen molar-refractivity contribution in [3.63, 3.8) is 0 Å². The molecular weight excluding hydrogens is 160 g/mol. The average Bonchev–Trinajstić information content (AvgIpc) is 2.09. The summed E-state index contributed by atoms with van der Waals surface area (Å²) in [5.41, 5.74) is 0.